The maximum Gasteiger partial charge on any atom is 0.321 e. The Labute approximate surface area is 189 Å². The van der Waals surface area contributed by atoms with Gasteiger partial charge in [0.15, 0.2) is 6.10 Å². The second-order valence-corrected chi connectivity index (χ2v) is 7.99. The van der Waals surface area contributed by atoms with Gasteiger partial charge >= 0.3 is 5.97 Å². The molecule has 1 saturated heterocycles. The smallest absolute Gasteiger partial charge is 0.321 e. The number of hydrogen-bond donors (Lipinski definition) is 1. The molecule has 162 valence electrons. The third kappa shape index (κ3) is 6.26. The zero-order valence-electron chi connectivity index (χ0n) is 16.2. The average Bonchev–Trinajstić information content (AvgIpc) is 2.79. The van der Waals surface area contributed by atoms with Crippen molar-refractivity contribution in [2.75, 3.05) is 12.5 Å². The van der Waals surface area contributed by atoms with E-state index in [0.717, 1.165) is 11.1 Å². The van der Waals surface area contributed by atoms with E-state index < -0.39 is 35.4 Å². The van der Waals surface area contributed by atoms with Crippen LogP contribution in [0.4, 0.5) is 0 Å². The zero-order chi connectivity index (χ0) is 21.3. The fraction of sp³-hybridized carbons (Fsp3) is 0.409. The molecule has 1 aliphatic rings. The first-order valence-corrected chi connectivity index (χ1v) is 11.0. The third-order valence-electron chi connectivity index (χ3n) is 4.70. The van der Waals surface area contributed by atoms with Crippen molar-refractivity contribution in [3.8, 4) is 0 Å². The van der Waals surface area contributed by atoms with Crippen LogP contribution < -0.4 is 0 Å². The lowest BCUT2D eigenvalue weighted by Crippen LogP contribution is -2.60. The van der Waals surface area contributed by atoms with Gasteiger partial charge in [0.2, 0.25) is 0 Å². The van der Waals surface area contributed by atoms with E-state index in [4.69, 9.17) is 30.5 Å². The van der Waals surface area contributed by atoms with Gasteiger partial charge in [-0.25, -0.2) is 0 Å². The van der Waals surface area contributed by atoms with Crippen LogP contribution in [0, 0.1) is 0 Å². The Morgan fingerprint density at radius 2 is 1.47 bits per heavy atom. The SMILES string of the molecule is O=C(CCl)O[C@H]1[C@H](OCc2ccccc2)[C@@H](OCc2ccccc2)[C@@H](Br)O[C@@H]1CO. The van der Waals surface area contributed by atoms with Gasteiger partial charge in [0.25, 0.3) is 0 Å². The van der Waals surface area contributed by atoms with Crippen molar-refractivity contribution in [1.29, 1.82) is 0 Å². The summed E-state index contributed by atoms with van der Waals surface area (Å²) in [5, 5.41) is 9.23. The molecule has 1 N–H and O–H groups in total. The van der Waals surface area contributed by atoms with Crippen LogP contribution >= 0.6 is 27.5 Å². The largest absolute Gasteiger partial charge is 0.456 e. The quantitative estimate of drug-likeness (QED) is 0.421. The van der Waals surface area contributed by atoms with Crippen molar-refractivity contribution >= 4 is 33.5 Å². The molecule has 6 nitrogen and oxygen atoms in total. The maximum absolute atomic E-state index is 11.9. The molecule has 0 saturated carbocycles. The van der Waals surface area contributed by atoms with E-state index in [1.165, 1.54) is 0 Å². The molecule has 30 heavy (non-hydrogen) atoms. The minimum absolute atomic E-state index is 0.281. The summed E-state index contributed by atoms with van der Waals surface area (Å²) in [6.45, 7) is 0.255. The number of carbonyl (C=O) groups excluding carboxylic acids is 1. The molecule has 3 rings (SSSR count). The Bertz CT molecular complexity index is 778. The Balaban J connectivity index is 1.80. The fourth-order valence-corrected chi connectivity index (χ4v) is 4.03. The summed E-state index contributed by atoms with van der Waals surface area (Å²) in [7, 11) is 0. The number of hydrogen-bond acceptors (Lipinski definition) is 6. The van der Waals surface area contributed by atoms with E-state index in [9.17, 15) is 9.90 Å². The first-order chi connectivity index (χ1) is 14.6. The topological polar surface area (TPSA) is 74.2 Å². The number of halogens is 2. The fourth-order valence-electron chi connectivity index (χ4n) is 3.24. The summed E-state index contributed by atoms with van der Waals surface area (Å²) in [6.07, 6.45) is -2.93. The molecule has 5 atom stereocenters. The second-order valence-electron chi connectivity index (χ2n) is 6.82. The Hall–Kier alpha value is -1.48. The van der Waals surface area contributed by atoms with Crippen molar-refractivity contribution < 1.29 is 28.8 Å². The van der Waals surface area contributed by atoms with Crippen LogP contribution in [0.5, 0.6) is 0 Å². The molecule has 1 aliphatic heterocycles. The number of alkyl halides is 2. The Morgan fingerprint density at radius 3 is 1.97 bits per heavy atom. The first-order valence-electron chi connectivity index (χ1n) is 9.59. The van der Waals surface area contributed by atoms with Crippen molar-refractivity contribution in [3.05, 3.63) is 71.8 Å². The number of aliphatic hydroxyl groups excluding tert-OH is 1. The number of esters is 1. The van der Waals surface area contributed by atoms with Crippen molar-refractivity contribution in [2.45, 2.75) is 42.6 Å². The van der Waals surface area contributed by atoms with Gasteiger partial charge in [-0.05, 0) is 11.1 Å². The Morgan fingerprint density at radius 1 is 0.933 bits per heavy atom. The van der Waals surface area contributed by atoms with Crippen LogP contribution in [-0.4, -0.2) is 53.0 Å². The van der Waals surface area contributed by atoms with Crippen LogP contribution in [0.25, 0.3) is 0 Å². The minimum atomic E-state index is -0.875. The first kappa shape index (κ1) is 23.2. The molecule has 0 unspecified atom stereocenters. The minimum Gasteiger partial charge on any atom is -0.456 e. The van der Waals surface area contributed by atoms with Gasteiger partial charge in [0, 0.05) is 0 Å². The van der Waals surface area contributed by atoms with Gasteiger partial charge in [-0.15, -0.1) is 11.6 Å². The zero-order valence-corrected chi connectivity index (χ0v) is 18.6. The highest BCUT2D eigenvalue weighted by molar-refractivity contribution is 9.09. The lowest BCUT2D eigenvalue weighted by molar-refractivity contribution is -0.244. The lowest BCUT2D eigenvalue weighted by atomic mass is 9.99. The number of benzene rings is 2. The summed E-state index contributed by atoms with van der Waals surface area (Å²) < 4.78 is 23.6. The highest BCUT2D eigenvalue weighted by atomic mass is 79.9. The van der Waals surface area contributed by atoms with E-state index in [1.54, 1.807) is 0 Å². The molecule has 0 aromatic heterocycles. The van der Waals surface area contributed by atoms with Gasteiger partial charge in [0.05, 0.1) is 19.8 Å². The average molecular weight is 500 g/mol. The van der Waals surface area contributed by atoms with Crippen LogP contribution in [0.1, 0.15) is 11.1 Å². The number of rotatable bonds is 9. The highest BCUT2D eigenvalue weighted by Gasteiger charge is 2.48. The van der Waals surface area contributed by atoms with Crippen LogP contribution in [0.15, 0.2) is 60.7 Å². The number of carbonyl (C=O) groups is 1. The van der Waals surface area contributed by atoms with E-state index in [2.05, 4.69) is 15.9 Å². The van der Waals surface area contributed by atoms with Gasteiger partial charge in [-0.1, -0.05) is 76.6 Å². The molecule has 1 heterocycles. The maximum atomic E-state index is 11.9. The molecule has 2 aromatic carbocycles. The summed E-state index contributed by atoms with van der Waals surface area (Å²) in [4.78, 5) is 11.9. The van der Waals surface area contributed by atoms with E-state index in [-0.39, 0.29) is 19.1 Å². The van der Waals surface area contributed by atoms with Gasteiger partial charge in [-0.3, -0.25) is 4.79 Å². The predicted molar refractivity (Wildman–Crippen MR) is 115 cm³/mol. The standard InChI is InChI=1S/C22H24BrClO6/c23-22-21(28-14-16-9-5-2-6-10-16)20(27-13-15-7-3-1-4-8-15)19(17(12-25)29-22)30-18(26)11-24/h1-10,17,19-22,25H,11-14H2/t17-,19-,20+,21-,22+/m1/s1. The lowest BCUT2D eigenvalue weighted by Gasteiger charge is -2.43. The van der Waals surface area contributed by atoms with Gasteiger partial charge in [-0.2, -0.15) is 0 Å². The molecule has 0 bridgehead atoms. The molecular formula is C22H24BrClO6. The van der Waals surface area contributed by atoms with Gasteiger partial charge < -0.3 is 24.1 Å². The van der Waals surface area contributed by atoms with E-state index in [0.29, 0.717) is 6.61 Å². The van der Waals surface area contributed by atoms with Crippen LogP contribution in [0.3, 0.4) is 0 Å². The van der Waals surface area contributed by atoms with Crippen molar-refractivity contribution in [3.63, 3.8) is 0 Å². The molecule has 8 heteroatoms. The van der Waals surface area contributed by atoms with Crippen molar-refractivity contribution in [2.24, 2.45) is 0 Å². The number of aliphatic hydroxyl groups is 1. The molecule has 1 fully saturated rings. The monoisotopic (exact) mass is 498 g/mol. The van der Waals surface area contributed by atoms with E-state index >= 15 is 0 Å². The van der Waals surface area contributed by atoms with E-state index in [1.807, 2.05) is 60.7 Å². The molecule has 0 amide bonds. The predicted octanol–water partition coefficient (Wildman–Crippen LogP) is 3.42. The summed E-state index contributed by atoms with van der Waals surface area (Å²) in [6, 6.07) is 19.3. The van der Waals surface area contributed by atoms with Gasteiger partial charge in [0.1, 0.15) is 29.2 Å². The van der Waals surface area contributed by atoms with Crippen LogP contribution in [0.2, 0.25) is 0 Å². The van der Waals surface area contributed by atoms with Crippen LogP contribution in [-0.2, 0) is 37.0 Å². The molecule has 2 aromatic rings. The van der Waals surface area contributed by atoms with Crippen molar-refractivity contribution in [1.82, 2.24) is 0 Å². The highest BCUT2D eigenvalue weighted by Crippen LogP contribution is 2.32. The molecule has 0 aliphatic carbocycles. The normalized spacial score (nSPS) is 26.3. The summed E-state index contributed by atoms with van der Waals surface area (Å²) >= 11 is 9.11. The number of ether oxygens (including phenoxy) is 4. The second kappa shape index (κ2) is 11.8. The Kier molecular flexibility index (Phi) is 9.11. The molecular weight excluding hydrogens is 476 g/mol. The molecule has 0 spiro atoms. The molecule has 0 radical (unpaired) electrons. The summed E-state index contributed by atoms with van der Waals surface area (Å²) in [5.41, 5.74) is 1.94. The third-order valence-corrected chi connectivity index (χ3v) is 5.66. The summed E-state index contributed by atoms with van der Waals surface area (Å²) in [5.74, 6) is -0.931.